The van der Waals surface area contributed by atoms with E-state index in [1.165, 1.54) is 5.56 Å². The summed E-state index contributed by atoms with van der Waals surface area (Å²) in [4.78, 5) is 2.38. The van der Waals surface area contributed by atoms with E-state index in [1.54, 1.807) is 0 Å². The van der Waals surface area contributed by atoms with Crippen LogP contribution in [0.4, 0.5) is 0 Å². The van der Waals surface area contributed by atoms with Gasteiger partial charge < -0.3 is 15.7 Å². The van der Waals surface area contributed by atoms with Gasteiger partial charge in [-0.2, -0.15) is 0 Å². The van der Waals surface area contributed by atoms with Crippen molar-refractivity contribution in [2.45, 2.75) is 31.3 Å². The predicted molar refractivity (Wildman–Crippen MR) is 82.2 cm³/mol. The number of hydrogen-bond acceptors (Lipinski definition) is 3. The van der Waals surface area contributed by atoms with Crippen LogP contribution in [-0.4, -0.2) is 41.8 Å². The molecular weight excluding hydrogens is 248 g/mol. The van der Waals surface area contributed by atoms with Crippen LogP contribution < -0.4 is 5.73 Å². The zero-order chi connectivity index (χ0) is 14.3. The zero-order valence-electron chi connectivity index (χ0n) is 12.0. The molecule has 0 aliphatic carbocycles. The second-order valence-corrected chi connectivity index (χ2v) is 5.54. The molecular formula is C17H24N2O. The maximum absolute atomic E-state index is 10.7. The molecule has 1 saturated heterocycles. The van der Waals surface area contributed by atoms with Crippen molar-refractivity contribution in [2.24, 2.45) is 5.73 Å². The Morgan fingerprint density at radius 1 is 1.15 bits per heavy atom. The zero-order valence-corrected chi connectivity index (χ0v) is 12.0. The van der Waals surface area contributed by atoms with Crippen LogP contribution in [0.25, 0.3) is 0 Å². The Morgan fingerprint density at radius 2 is 1.85 bits per heavy atom. The van der Waals surface area contributed by atoms with Crippen molar-refractivity contribution < 1.29 is 5.11 Å². The molecule has 0 atom stereocenters. The standard InChI is InChI=1S/C17H24N2O/c18-11-5-2-6-12-19-13-9-17(20,10-14-19)15-16-7-3-1-4-8-16/h1,3-4,7-8,20H,6,9-15,18H2. The van der Waals surface area contributed by atoms with Crippen molar-refractivity contribution in [1.82, 2.24) is 4.90 Å². The molecule has 0 bridgehead atoms. The van der Waals surface area contributed by atoms with Crippen molar-refractivity contribution in [3.8, 4) is 11.8 Å². The van der Waals surface area contributed by atoms with Crippen molar-refractivity contribution in [1.29, 1.82) is 0 Å². The van der Waals surface area contributed by atoms with Crippen LogP contribution in [0.2, 0.25) is 0 Å². The van der Waals surface area contributed by atoms with Gasteiger partial charge in [-0.3, -0.25) is 0 Å². The molecule has 1 heterocycles. The smallest absolute Gasteiger partial charge is 0.0712 e. The highest BCUT2D eigenvalue weighted by atomic mass is 16.3. The third-order valence-electron chi connectivity index (χ3n) is 3.94. The minimum Gasteiger partial charge on any atom is -0.389 e. The minimum absolute atomic E-state index is 0.441. The van der Waals surface area contributed by atoms with Crippen LogP contribution in [0.3, 0.4) is 0 Å². The Labute approximate surface area is 121 Å². The first-order valence-corrected chi connectivity index (χ1v) is 7.36. The second kappa shape index (κ2) is 7.44. The Balaban J connectivity index is 1.78. The van der Waals surface area contributed by atoms with Crippen molar-refractivity contribution in [2.75, 3.05) is 26.2 Å². The number of nitrogens with two attached hydrogens (primary N) is 1. The number of likely N-dealkylation sites (tertiary alicyclic amines) is 1. The van der Waals surface area contributed by atoms with E-state index in [1.807, 2.05) is 18.2 Å². The van der Waals surface area contributed by atoms with E-state index in [9.17, 15) is 5.11 Å². The monoisotopic (exact) mass is 272 g/mol. The van der Waals surface area contributed by atoms with Crippen LogP contribution in [0.15, 0.2) is 30.3 Å². The molecule has 0 aromatic heterocycles. The molecule has 20 heavy (non-hydrogen) atoms. The van der Waals surface area contributed by atoms with E-state index >= 15 is 0 Å². The molecule has 3 nitrogen and oxygen atoms in total. The maximum atomic E-state index is 10.7. The Hall–Kier alpha value is -1.34. The van der Waals surface area contributed by atoms with Gasteiger partial charge in [0, 0.05) is 32.5 Å². The van der Waals surface area contributed by atoms with Crippen molar-refractivity contribution in [3.05, 3.63) is 35.9 Å². The Morgan fingerprint density at radius 3 is 2.50 bits per heavy atom. The molecule has 3 N–H and O–H groups in total. The topological polar surface area (TPSA) is 49.5 Å². The Kier molecular flexibility index (Phi) is 5.60. The molecule has 0 saturated carbocycles. The van der Waals surface area contributed by atoms with E-state index in [4.69, 9.17) is 5.73 Å². The number of nitrogens with zero attached hydrogens (tertiary/aromatic N) is 1. The fourth-order valence-corrected chi connectivity index (χ4v) is 2.72. The molecule has 108 valence electrons. The predicted octanol–water partition coefficient (Wildman–Crippen LogP) is 1.41. The van der Waals surface area contributed by atoms with Gasteiger partial charge in [-0.1, -0.05) is 36.3 Å². The van der Waals surface area contributed by atoms with Gasteiger partial charge in [0.05, 0.1) is 12.1 Å². The summed E-state index contributed by atoms with van der Waals surface area (Å²) in [5.74, 6) is 5.95. The van der Waals surface area contributed by atoms with Gasteiger partial charge in [0.1, 0.15) is 0 Å². The van der Waals surface area contributed by atoms with Gasteiger partial charge in [0.25, 0.3) is 0 Å². The third kappa shape index (κ3) is 4.64. The Bertz CT molecular complexity index is 453. The molecule has 1 fully saturated rings. The van der Waals surface area contributed by atoms with Crippen LogP contribution in [0.5, 0.6) is 0 Å². The first-order chi connectivity index (χ1) is 9.72. The molecule has 2 rings (SSSR count). The van der Waals surface area contributed by atoms with E-state index in [0.717, 1.165) is 45.3 Å². The average molecular weight is 272 g/mol. The van der Waals surface area contributed by atoms with Gasteiger partial charge in [-0.25, -0.2) is 0 Å². The van der Waals surface area contributed by atoms with Crippen LogP contribution in [0.1, 0.15) is 24.8 Å². The normalized spacial score (nSPS) is 18.3. The lowest BCUT2D eigenvalue weighted by Gasteiger charge is -2.38. The summed E-state index contributed by atoms with van der Waals surface area (Å²) in [5, 5.41) is 10.7. The third-order valence-corrected chi connectivity index (χ3v) is 3.94. The molecule has 0 amide bonds. The highest BCUT2D eigenvalue weighted by Gasteiger charge is 2.31. The van der Waals surface area contributed by atoms with Crippen molar-refractivity contribution in [3.63, 3.8) is 0 Å². The highest BCUT2D eigenvalue weighted by molar-refractivity contribution is 5.17. The largest absolute Gasteiger partial charge is 0.389 e. The number of piperidine rings is 1. The number of aliphatic hydroxyl groups is 1. The van der Waals surface area contributed by atoms with Gasteiger partial charge in [-0.05, 0) is 18.4 Å². The molecule has 0 spiro atoms. The molecule has 0 radical (unpaired) electrons. The quantitative estimate of drug-likeness (QED) is 0.815. The summed E-state index contributed by atoms with van der Waals surface area (Å²) in [6, 6.07) is 10.3. The molecule has 3 heteroatoms. The number of hydrogen-bond donors (Lipinski definition) is 2. The van der Waals surface area contributed by atoms with Gasteiger partial charge in [0.15, 0.2) is 0 Å². The number of benzene rings is 1. The summed E-state index contributed by atoms with van der Waals surface area (Å²) < 4.78 is 0. The summed E-state index contributed by atoms with van der Waals surface area (Å²) in [7, 11) is 0. The summed E-state index contributed by atoms with van der Waals surface area (Å²) >= 11 is 0. The fraction of sp³-hybridized carbons (Fsp3) is 0.529. The van der Waals surface area contributed by atoms with Crippen LogP contribution in [0, 0.1) is 11.8 Å². The lowest BCUT2D eigenvalue weighted by Crippen LogP contribution is -2.45. The number of rotatable bonds is 4. The molecule has 0 unspecified atom stereocenters. The van der Waals surface area contributed by atoms with Crippen molar-refractivity contribution >= 4 is 0 Å². The highest BCUT2D eigenvalue weighted by Crippen LogP contribution is 2.26. The first kappa shape index (κ1) is 15.1. The minimum atomic E-state index is -0.541. The fourth-order valence-electron chi connectivity index (χ4n) is 2.72. The van der Waals surface area contributed by atoms with Gasteiger partial charge in [-0.15, -0.1) is 5.92 Å². The molecule has 1 aromatic carbocycles. The molecule has 1 aliphatic heterocycles. The first-order valence-electron chi connectivity index (χ1n) is 7.36. The van der Waals surface area contributed by atoms with Gasteiger partial charge >= 0.3 is 0 Å². The van der Waals surface area contributed by atoms with E-state index < -0.39 is 5.60 Å². The van der Waals surface area contributed by atoms with E-state index in [0.29, 0.717) is 6.54 Å². The average Bonchev–Trinajstić information content (AvgIpc) is 2.46. The van der Waals surface area contributed by atoms with Gasteiger partial charge in [0.2, 0.25) is 0 Å². The second-order valence-electron chi connectivity index (χ2n) is 5.54. The lowest BCUT2D eigenvalue weighted by molar-refractivity contribution is -0.0200. The van der Waals surface area contributed by atoms with Crippen LogP contribution >= 0.6 is 0 Å². The summed E-state index contributed by atoms with van der Waals surface area (Å²) in [6.07, 6.45) is 3.31. The summed E-state index contributed by atoms with van der Waals surface area (Å²) in [6.45, 7) is 3.33. The molecule has 1 aromatic rings. The van der Waals surface area contributed by atoms with E-state index in [-0.39, 0.29) is 0 Å². The summed E-state index contributed by atoms with van der Waals surface area (Å²) in [5.41, 5.74) is 6.02. The lowest BCUT2D eigenvalue weighted by atomic mass is 9.85. The maximum Gasteiger partial charge on any atom is 0.0712 e. The van der Waals surface area contributed by atoms with E-state index in [2.05, 4.69) is 28.9 Å². The SMILES string of the molecule is NCC#CCCN1CCC(O)(Cc2ccccc2)CC1. The molecule has 1 aliphatic rings. The van der Waals surface area contributed by atoms with Crippen LogP contribution in [-0.2, 0) is 6.42 Å².